The molecule has 4 N–H and O–H groups in total. The Hall–Kier alpha value is -1.91. The predicted molar refractivity (Wildman–Crippen MR) is 72.4 cm³/mol. The van der Waals surface area contributed by atoms with Gasteiger partial charge in [-0.2, -0.15) is 0 Å². The minimum Gasteiger partial charge on any atom is -0.481 e. The van der Waals surface area contributed by atoms with Gasteiger partial charge >= 0.3 is 5.97 Å². The summed E-state index contributed by atoms with van der Waals surface area (Å²) in [6.07, 6.45) is 0.970. The van der Waals surface area contributed by atoms with E-state index in [1.165, 1.54) is 19.4 Å². The van der Waals surface area contributed by atoms with Gasteiger partial charge in [-0.15, -0.1) is 0 Å². The molecule has 0 aliphatic heterocycles. The molecule has 1 aromatic heterocycles. The fourth-order valence-corrected chi connectivity index (χ4v) is 2.41. The molecule has 0 aliphatic carbocycles. The van der Waals surface area contributed by atoms with Gasteiger partial charge in [-0.05, 0) is 6.07 Å². The van der Waals surface area contributed by atoms with Gasteiger partial charge in [0.2, 0.25) is 10.0 Å². The van der Waals surface area contributed by atoms with Gasteiger partial charge < -0.3 is 20.1 Å². The van der Waals surface area contributed by atoms with Crippen molar-refractivity contribution in [1.29, 1.82) is 0 Å². The summed E-state index contributed by atoms with van der Waals surface area (Å²) in [7, 11) is -2.27. The number of methoxy groups -OCH3 is 1. The molecule has 1 amide bonds. The molecular weight excluding hydrogens is 302 g/mol. The van der Waals surface area contributed by atoms with E-state index in [-0.39, 0.29) is 36.7 Å². The van der Waals surface area contributed by atoms with Crippen LogP contribution in [0.15, 0.2) is 17.2 Å². The first-order valence-electron chi connectivity index (χ1n) is 6.04. The van der Waals surface area contributed by atoms with Crippen molar-refractivity contribution in [3.8, 4) is 0 Å². The summed E-state index contributed by atoms with van der Waals surface area (Å²) in [5.41, 5.74) is 0.0347. The highest BCUT2D eigenvalue weighted by atomic mass is 32.2. The van der Waals surface area contributed by atoms with Gasteiger partial charge in [0.15, 0.2) is 0 Å². The number of rotatable bonds is 9. The number of carboxylic acids is 1. The van der Waals surface area contributed by atoms with Gasteiger partial charge in [0.25, 0.3) is 5.91 Å². The van der Waals surface area contributed by atoms with Crippen molar-refractivity contribution in [2.45, 2.75) is 11.3 Å². The van der Waals surface area contributed by atoms with Crippen LogP contribution >= 0.6 is 0 Å². The number of hydrogen-bond acceptors (Lipinski definition) is 5. The first-order chi connectivity index (χ1) is 9.86. The lowest BCUT2D eigenvalue weighted by atomic mass is 10.4. The Morgan fingerprint density at radius 2 is 2.10 bits per heavy atom. The van der Waals surface area contributed by atoms with Crippen LogP contribution in [0.3, 0.4) is 0 Å². The van der Waals surface area contributed by atoms with Crippen molar-refractivity contribution in [3.05, 3.63) is 18.0 Å². The molecule has 9 nitrogen and oxygen atoms in total. The molecule has 1 aromatic rings. The third-order valence-corrected chi connectivity index (χ3v) is 3.87. The summed E-state index contributed by atoms with van der Waals surface area (Å²) in [6, 6.07) is 1.17. The third-order valence-electron chi connectivity index (χ3n) is 2.43. The summed E-state index contributed by atoms with van der Waals surface area (Å²) in [5.74, 6) is -1.61. The Labute approximate surface area is 121 Å². The van der Waals surface area contributed by atoms with E-state index >= 15 is 0 Å². The van der Waals surface area contributed by atoms with Crippen molar-refractivity contribution in [1.82, 2.24) is 15.0 Å². The summed E-state index contributed by atoms with van der Waals surface area (Å²) >= 11 is 0. The summed E-state index contributed by atoms with van der Waals surface area (Å²) in [6.45, 7) is 0.303. The topological polar surface area (TPSA) is 138 Å². The predicted octanol–water partition coefficient (Wildman–Crippen LogP) is -0.856. The maximum absolute atomic E-state index is 11.9. The second-order valence-corrected chi connectivity index (χ2v) is 5.81. The van der Waals surface area contributed by atoms with E-state index in [2.05, 4.69) is 15.0 Å². The smallest absolute Gasteiger partial charge is 0.305 e. The molecule has 0 radical (unpaired) electrons. The molecule has 118 valence electrons. The summed E-state index contributed by atoms with van der Waals surface area (Å²) in [4.78, 5) is 24.4. The Morgan fingerprint density at radius 3 is 2.71 bits per heavy atom. The number of carbonyl (C=O) groups excluding carboxylic acids is 1. The number of carboxylic acid groups (broad SMARTS) is 1. The van der Waals surface area contributed by atoms with Crippen molar-refractivity contribution in [2.75, 3.05) is 26.8 Å². The van der Waals surface area contributed by atoms with Crippen molar-refractivity contribution in [2.24, 2.45) is 0 Å². The second-order valence-electron chi connectivity index (χ2n) is 4.04. The quantitative estimate of drug-likeness (QED) is 0.437. The molecule has 1 heterocycles. The maximum atomic E-state index is 11.9. The molecule has 0 atom stereocenters. The number of aromatic nitrogens is 1. The van der Waals surface area contributed by atoms with E-state index in [9.17, 15) is 18.0 Å². The van der Waals surface area contributed by atoms with Crippen molar-refractivity contribution in [3.63, 3.8) is 0 Å². The van der Waals surface area contributed by atoms with Crippen molar-refractivity contribution < 1.29 is 27.9 Å². The summed E-state index contributed by atoms with van der Waals surface area (Å²) < 4.78 is 30.7. The first kappa shape index (κ1) is 17.1. The number of H-pyrrole nitrogens is 1. The van der Waals surface area contributed by atoms with Gasteiger partial charge in [-0.3, -0.25) is 9.59 Å². The lowest BCUT2D eigenvalue weighted by Crippen LogP contribution is -2.27. The second kappa shape index (κ2) is 7.76. The molecule has 1 rings (SSSR count). The van der Waals surface area contributed by atoms with Crippen LogP contribution in [0.1, 0.15) is 16.9 Å². The average molecular weight is 319 g/mol. The molecule has 0 fully saturated rings. The lowest BCUT2D eigenvalue weighted by Gasteiger charge is -2.03. The zero-order chi connectivity index (χ0) is 15.9. The average Bonchev–Trinajstić information content (AvgIpc) is 2.88. The first-order valence-corrected chi connectivity index (χ1v) is 7.52. The molecule has 0 aliphatic rings. The largest absolute Gasteiger partial charge is 0.481 e. The number of aromatic amines is 1. The molecule has 0 aromatic carbocycles. The van der Waals surface area contributed by atoms with Gasteiger partial charge in [0, 0.05) is 26.4 Å². The standard InChI is InChI=1S/C11H17N3O6S/c1-20-5-4-14-21(18,19)8-6-9(13-7-8)11(17)12-3-2-10(15)16/h6-7,13-14H,2-5H2,1H3,(H,12,17)(H,15,16). The van der Waals surface area contributed by atoms with Crippen LogP contribution in [0.4, 0.5) is 0 Å². The molecule has 0 saturated heterocycles. The molecule has 21 heavy (non-hydrogen) atoms. The van der Waals surface area contributed by atoms with E-state index in [1.54, 1.807) is 0 Å². The molecule has 0 spiro atoms. The third kappa shape index (κ3) is 5.53. The minimum absolute atomic E-state index is 0.0347. The zero-order valence-electron chi connectivity index (χ0n) is 11.4. The fraction of sp³-hybridized carbons (Fsp3) is 0.455. The number of hydrogen-bond donors (Lipinski definition) is 4. The number of nitrogens with one attached hydrogen (secondary N) is 3. The molecular formula is C11H17N3O6S. The lowest BCUT2D eigenvalue weighted by molar-refractivity contribution is -0.136. The summed E-state index contributed by atoms with van der Waals surface area (Å²) in [5, 5.41) is 10.8. The number of sulfonamides is 1. The van der Waals surface area contributed by atoms with Crippen LogP contribution in [0.2, 0.25) is 0 Å². The molecule has 0 bridgehead atoms. The van der Waals surface area contributed by atoms with E-state index in [4.69, 9.17) is 9.84 Å². The van der Waals surface area contributed by atoms with Gasteiger partial charge in [-0.25, -0.2) is 13.1 Å². The van der Waals surface area contributed by atoms with Crippen LogP contribution in [0.5, 0.6) is 0 Å². The van der Waals surface area contributed by atoms with Gasteiger partial charge in [-0.1, -0.05) is 0 Å². The molecule has 10 heteroatoms. The van der Waals surface area contributed by atoms with Gasteiger partial charge in [0.1, 0.15) is 10.6 Å². The highest BCUT2D eigenvalue weighted by Crippen LogP contribution is 2.10. The SMILES string of the molecule is COCCNS(=O)(=O)c1c[nH]c(C(=O)NCCC(=O)O)c1. The Bertz CT molecular complexity index is 595. The van der Waals surface area contributed by atoms with Crippen LogP contribution in [-0.2, 0) is 19.6 Å². The minimum atomic E-state index is -3.71. The van der Waals surface area contributed by atoms with Crippen LogP contribution in [0.25, 0.3) is 0 Å². The van der Waals surface area contributed by atoms with Crippen molar-refractivity contribution >= 4 is 21.9 Å². The number of amides is 1. The zero-order valence-corrected chi connectivity index (χ0v) is 12.2. The van der Waals surface area contributed by atoms with E-state index in [0.29, 0.717) is 0 Å². The monoisotopic (exact) mass is 319 g/mol. The normalized spacial score (nSPS) is 11.3. The van der Waals surface area contributed by atoms with E-state index in [1.807, 2.05) is 0 Å². The highest BCUT2D eigenvalue weighted by Gasteiger charge is 2.18. The van der Waals surface area contributed by atoms with E-state index in [0.717, 1.165) is 0 Å². The van der Waals surface area contributed by atoms with Crippen LogP contribution in [-0.4, -0.2) is 57.2 Å². The van der Waals surface area contributed by atoms with Gasteiger partial charge in [0.05, 0.1) is 13.0 Å². The Balaban J connectivity index is 2.63. The highest BCUT2D eigenvalue weighted by molar-refractivity contribution is 7.89. The Morgan fingerprint density at radius 1 is 1.38 bits per heavy atom. The number of aliphatic carboxylic acids is 1. The van der Waals surface area contributed by atoms with E-state index < -0.39 is 21.9 Å². The number of ether oxygens (including phenoxy) is 1. The molecule has 0 saturated carbocycles. The number of carbonyl (C=O) groups is 2. The fourth-order valence-electron chi connectivity index (χ4n) is 1.40. The molecule has 0 unspecified atom stereocenters. The maximum Gasteiger partial charge on any atom is 0.305 e. The Kier molecular flexibility index (Phi) is 6.34. The van der Waals surface area contributed by atoms with Crippen LogP contribution < -0.4 is 10.0 Å². The van der Waals surface area contributed by atoms with Crippen LogP contribution in [0, 0.1) is 0 Å².